The van der Waals surface area contributed by atoms with Crippen molar-refractivity contribution >= 4 is 10.8 Å². The highest BCUT2D eigenvalue weighted by molar-refractivity contribution is 6.18. The quantitative estimate of drug-likeness (QED) is 0.180. The molecule has 4 aromatic heterocycles. The maximum atomic E-state index is 9.44. The summed E-state index contributed by atoms with van der Waals surface area (Å²) in [4.78, 5) is 18.7. The Morgan fingerprint density at radius 3 is 1.16 bits per heavy atom. The topological polar surface area (TPSA) is 99.1 Å². The molecule has 0 bridgehead atoms. The van der Waals surface area contributed by atoms with Gasteiger partial charge in [0.2, 0.25) is 0 Å². The number of nitriles is 2. The summed E-state index contributed by atoms with van der Waals surface area (Å²) in [5.74, 6) is 0. The van der Waals surface area contributed by atoms with Crippen LogP contribution < -0.4 is 0 Å². The van der Waals surface area contributed by atoms with E-state index >= 15 is 0 Å². The summed E-state index contributed by atoms with van der Waals surface area (Å²) in [7, 11) is 0. The fraction of sp³-hybridized carbons (Fsp3) is 0. The van der Waals surface area contributed by atoms with E-state index in [1.165, 1.54) is 0 Å². The third kappa shape index (κ3) is 5.54. The van der Waals surface area contributed by atoms with Gasteiger partial charge in [0.25, 0.3) is 0 Å². The Morgan fingerprint density at radius 1 is 0.360 bits per heavy atom. The van der Waals surface area contributed by atoms with Crippen LogP contribution in [0, 0.1) is 22.7 Å². The van der Waals surface area contributed by atoms with Crippen molar-refractivity contribution in [3.8, 4) is 79.4 Å². The highest BCUT2D eigenvalue weighted by Crippen LogP contribution is 2.50. The second-order valence-corrected chi connectivity index (χ2v) is 11.7. The standard InChI is InChI=1S/C44H26N6/c45-25-29-19-21-47-39(23-29)37-17-15-33(27-49-37)41-35-13-7-8-14-36(35)42(34-16-18-38(50-28-34)40-24-30(26-46)20-22-48-40)44(32-11-5-2-6-12-32)43(41)31-9-3-1-4-10-31/h1-24,27-28H. The molecule has 0 saturated heterocycles. The average molecular weight is 639 g/mol. The van der Waals surface area contributed by atoms with Crippen LogP contribution in [0.2, 0.25) is 0 Å². The SMILES string of the molecule is N#Cc1ccnc(-c2ccc(-c3c(-c4ccccc4)c(-c4ccccc4)c(-c4ccc(-c5cc(C#N)ccn5)nc4)c4ccccc34)cn2)c1. The highest BCUT2D eigenvalue weighted by atomic mass is 14.8. The first-order chi connectivity index (χ1) is 24.7. The largest absolute Gasteiger partial charge is 0.255 e. The molecule has 0 amide bonds. The predicted octanol–water partition coefficient (Wildman–Crippen LogP) is 10.2. The molecule has 4 heterocycles. The summed E-state index contributed by atoms with van der Waals surface area (Å²) >= 11 is 0. The smallest absolute Gasteiger partial charge is 0.0992 e. The number of benzene rings is 4. The van der Waals surface area contributed by atoms with Crippen LogP contribution in [0.25, 0.3) is 78.1 Å². The summed E-state index contributed by atoms with van der Waals surface area (Å²) in [6.45, 7) is 0. The Labute approximate surface area is 289 Å². The Balaban J connectivity index is 1.41. The molecular weight excluding hydrogens is 613 g/mol. The lowest BCUT2D eigenvalue weighted by Gasteiger charge is -2.24. The molecule has 0 atom stereocenters. The van der Waals surface area contributed by atoms with Crippen LogP contribution in [0.15, 0.2) is 158 Å². The van der Waals surface area contributed by atoms with Gasteiger partial charge in [-0.25, -0.2) is 0 Å². The third-order valence-corrected chi connectivity index (χ3v) is 8.75. The van der Waals surface area contributed by atoms with E-state index < -0.39 is 0 Å². The molecule has 8 aromatic rings. The molecule has 0 unspecified atom stereocenters. The maximum absolute atomic E-state index is 9.44. The lowest BCUT2D eigenvalue weighted by atomic mass is 9.79. The van der Waals surface area contributed by atoms with Gasteiger partial charge in [-0.05, 0) is 80.6 Å². The van der Waals surface area contributed by atoms with Crippen molar-refractivity contribution in [3.63, 3.8) is 0 Å². The molecule has 0 fully saturated rings. The fourth-order valence-electron chi connectivity index (χ4n) is 6.49. The minimum absolute atomic E-state index is 0.538. The van der Waals surface area contributed by atoms with E-state index in [1.807, 2.05) is 36.7 Å². The molecule has 0 aliphatic carbocycles. The van der Waals surface area contributed by atoms with Gasteiger partial charge in [0.1, 0.15) is 0 Å². The van der Waals surface area contributed by atoms with E-state index in [1.54, 1.807) is 36.7 Å². The first-order valence-electron chi connectivity index (χ1n) is 16.1. The summed E-state index contributed by atoms with van der Waals surface area (Å²) in [6.07, 6.45) is 7.07. The van der Waals surface area contributed by atoms with Crippen LogP contribution in [0.4, 0.5) is 0 Å². The molecule has 0 aliphatic heterocycles. The number of rotatable bonds is 6. The van der Waals surface area contributed by atoms with Crippen LogP contribution in [0.1, 0.15) is 11.1 Å². The highest BCUT2D eigenvalue weighted by Gasteiger charge is 2.24. The Kier molecular flexibility index (Phi) is 7.87. The monoisotopic (exact) mass is 638 g/mol. The average Bonchev–Trinajstić information content (AvgIpc) is 3.20. The summed E-state index contributed by atoms with van der Waals surface area (Å²) in [6, 6.07) is 48.8. The van der Waals surface area contributed by atoms with Gasteiger partial charge in [-0.15, -0.1) is 0 Å². The van der Waals surface area contributed by atoms with Crippen molar-refractivity contribution in [2.75, 3.05) is 0 Å². The van der Waals surface area contributed by atoms with Gasteiger partial charge >= 0.3 is 0 Å². The number of aromatic nitrogens is 4. The molecule has 50 heavy (non-hydrogen) atoms. The number of nitrogens with zero attached hydrogens (tertiary/aromatic N) is 6. The van der Waals surface area contributed by atoms with Gasteiger partial charge < -0.3 is 0 Å². The molecule has 0 aliphatic rings. The van der Waals surface area contributed by atoms with Crippen molar-refractivity contribution in [1.82, 2.24) is 19.9 Å². The minimum Gasteiger partial charge on any atom is -0.255 e. The number of pyridine rings is 4. The normalized spacial score (nSPS) is 10.8. The predicted molar refractivity (Wildman–Crippen MR) is 197 cm³/mol. The van der Waals surface area contributed by atoms with Crippen molar-refractivity contribution in [1.29, 1.82) is 10.5 Å². The zero-order chi connectivity index (χ0) is 33.9. The molecule has 0 saturated carbocycles. The maximum Gasteiger partial charge on any atom is 0.0992 e. The first kappa shape index (κ1) is 30.1. The fourth-order valence-corrected chi connectivity index (χ4v) is 6.49. The molecule has 0 spiro atoms. The molecule has 6 nitrogen and oxygen atoms in total. The molecule has 232 valence electrons. The van der Waals surface area contributed by atoms with Crippen LogP contribution in [0.5, 0.6) is 0 Å². The van der Waals surface area contributed by atoms with Crippen LogP contribution in [-0.2, 0) is 0 Å². The van der Waals surface area contributed by atoms with E-state index in [-0.39, 0.29) is 0 Å². The summed E-state index contributed by atoms with van der Waals surface area (Å²) in [5.41, 5.74) is 12.1. The van der Waals surface area contributed by atoms with Gasteiger partial charge in [0, 0.05) is 35.9 Å². The summed E-state index contributed by atoms with van der Waals surface area (Å²) < 4.78 is 0. The van der Waals surface area contributed by atoms with Gasteiger partial charge in [0.15, 0.2) is 0 Å². The first-order valence-corrected chi connectivity index (χ1v) is 16.1. The second kappa shape index (κ2) is 13.1. The van der Waals surface area contributed by atoms with Crippen molar-refractivity contribution in [3.05, 3.63) is 169 Å². The van der Waals surface area contributed by atoms with Crippen LogP contribution in [-0.4, -0.2) is 19.9 Å². The molecule has 0 N–H and O–H groups in total. The van der Waals surface area contributed by atoms with E-state index in [4.69, 9.17) is 9.97 Å². The second-order valence-electron chi connectivity index (χ2n) is 11.7. The Hall–Kier alpha value is -7.28. The van der Waals surface area contributed by atoms with Gasteiger partial charge in [-0.1, -0.05) is 97.1 Å². The zero-order valence-corrected chi connectivity index (χ0v) is 26.7. The zero-order valence-electron chi connectivity index (χ0n) is 26.7. The number of hydrogen-bond donors (Lipinski definition) is 0. The molecular formula is C44H26N6. The van der Waals surface area contributed by atoms with Gasteiger partial charge in [-0.2, -0.15) is 10.5 Å². The van der Waals surface area contributed by atoms with Crippen LogP contribution >= 0.6 is 0 Å². The lowest BCUT2D eigenvalue weighted by Crippen LogP contribution is -1.98. The van der Waals surface area contributed by atoms with Crippen molar-refractivity contribution < 1.29 is 0 Å². The minimum atomic E-state index is 0.538. The van der Waals surface area contributed by atoms with E-state index in [9.17, 15) is 10.5 Å². The van der Waals surface area contributed by atoms with E-state index in [2.05, 4.69) is 107 Å². The third-order valence-electron chi connectivity index (χ3n) is 8.75. The van der Waals surface area contributed by atoms with Gasteiger partial charge in [-0.3, -0.25) is 19.9 Å². The van der Waals surface area contributed by atoms with Crippen molar-refractivity contribution in [2.24, 2.45) is 0 Å². The van der Waals surface area contributed by atoms with Crippen molar-refractivity contribution in [2.45, 2.75) is 0 Å². The van der Waals surface area contributed by atoms with Crippen LogP contribution in [0.3, 0.4) is 0 Å². The number of fused-ring (bicyclic) bond motifs is 1. The Morgan fingerprint density at radius 2 is 0.780 bits per heavy atom. The van der Waals surface area contributed by atoms with Gasteiger partial charge in [0.05, 0.1) is 46.0 Å². The number of hydrogen-bond acceptors (Lipinski definition) is 6. The molecule has 6 heteroatoms. The Bertz CT molecular complexity index is 2400. The molecule has 8 rings (SSSR count). The summed E-state index contributed by atoms with van der Waals surface area (Å²) in [5, 5.41) is 21.0. The van der Waals surface area contributed by atoms with E-state index in [0.717, 1.165) is 55.3 Å². The van der Waals surface area contributed by atoms with E-state index in [0.29, 0.717) is 33.9 Å². The molecule has 4 aromatic carbocycles. The molecule has 0 radical (unpaired) electrons. The lowest BCUT2D eigenvalue weighted by molar-refractivity contribution is 1.24.